The van der Waals surface area contributed by atoms with Gasteiger partial charge in [0, 0.05) is 24.2 Å². The Labute approximate surface area is 201 Å². The highest BCUT2D eigenvalue weighted by Gasteiger charge is 2.49. The summed E-state index contributed by atoms with van der Waals surface area (Å²) in [5.41, 5.74) is 2.85. The van der Waals surface area contributed by atoms with Crippen LogP contribution < -0.4 is 4.74 Å². The van der Waals surface area contributed by atoms with Crippen molar-refractivity contribution in [1.82, 2.24) is 4.57 Å². The predicted octanol–water partition coefficient (Wildman–Crippen LogP) is 2.44. The minimum Gasteiger partial charge on any atom is -0.497 e. The second-order valence-corrected chi connectivity index (χ2v) is 8.98. The highest BCUT2D eigenvalue weighted by molar-refractivity contribution is 6.08. The molecular weight excluding hydrogens is 448 g/mol. The van der Waals surface area contributed by atoms with E-state index in [0.29, 0.717) is 12.4 Å². The maximum absolute atomic E-state index is 10.5. The van der Waals surface area contributed by atoms with Crippen LogP contribution in [-0.4, -0.2) is 70.1 Å². The summed E-state index contributed by atoms with van der Waals surface area (Å²) in [5.74, 6) is 1.06. The van der Waals surface area contributed by atoms with E-state index in [-0.39, 0.29) is 0 Å². The average molecular weight is 475 g/mol. The number of aliphatic imine (C=N–C) groups is 1. The van der Waals surface area contributed by atoms with E-state index in [9.17, 15) is 15.3 Å². The third kappa shape index (κ3) is 3.75. The van der Waals surface area contributed by atoms with Crippen molar-refractivity contribution >= 4 is 27.6 Å². The van der Waals surface area contributed by atoms with Gasteiger partial charge in [-0.1, -0.05) is 36.4 Å². The maximum atomic E-state index is 10.5. The van der Waals surface area contributed by atoms with Gasteiger partial charge in [-0.15, -0.1) is 0 Å². The Balaban J connectivity index is 1.40. The van der Waals surface area contributed by atoms with Crippen LogP contribution in [-0.2, 0) is 16.0 Å². The van der Waals surface area contributed by atoms with E-state index >= 15 is 0 Å². The molecule has 1 fully saturated rings. The molecular formula is C27H26N2O6. The van der Waals surface area contributed by atoms with E-state index in [1.165, 1.54) is 10.8 Å². The van der Waals surface area contributed by atoms with Crippen LogP contribution in [0, 0.1) is 0 Å². The molecule has 0 saturated carbocycles. The zero-order valence-electron chi connectivity index (χ0n) is 19.1. The lowest BCUT2D eigenvalue weighted by Gasteiger charge is -2.36. The van der Waals surface area contributed by atoms with Crippen LogP contribution in [0.2, 0.25) is 0 Å². The molecule has 35 heavy (non-hydrogen) atoms. The molecule has 0 aliphatic carbocycles. The fourth-order valence-electron chi connectivity index (χ4n) is 4.94. The molecule has 2 aliphatic rings. The van der Waals surface area contributed by atoms with Crippen molar-refractivity contribution in [2.75, 3.05) is 13.7 Å². The summed E-state index contributed by atoms with van der Waals surface area (Å²) in [7, 11) is 1.63. The summed E-state index contributed by atoms with van der Waals surface area (Å²) in [4.78, 5) is 4.57. The SMILES string of the molecule is COc1ccc2c(C3=N[C@@H]4C(O)[C@H](O)C(CO)O[C@@H]4O3)cn(Cc3ccc4ccccc4c3)c2c1. The van der Waals surface area contributed by atoms with Gasteiger partial charge in [-0.05, 0) is 34.5 Å². The fraction of sp³-hybridized carbons (Fsp3) is 0.296. The summed E-state index contributed by atoms with van der Waals surface area (Å²) in [5, 5.41) is 33.5. The van der Waals surface area contributed by atoms with Crippen molar-refractivity contribution in [1.29, 1.82) is 0 Å². The Bertz CT molecular complexity index is 1430. The molecule has 180 valence electrons. The quantitative estimate of drug-likeness (QED) is 0.410. The Hall–Kier alpha value is -3.43. The van der Waals surface area contributed by atoms with E-state index in [0.717, 1.165) is 27.8 Å². The minimum absolute atomic E-state index is 0.331. The van der Waals surface area contributed by atoms with E-state index in [1.54, 1.807) is 7.11 Å². The van der Waals surface area contributed by atoms with Gasteiger partial charge in [0.05, 0.1) is 24.8 Å². The number of hydrogen-bond acceptors (Lipinski definition) is 7. The van der Waals surface area contributed by atoms with Crippen LogP contribution in [0.4, 0.5) is 0 Å². The molecule has 1 saturated heterocycles. The van der Waals surface area contributed by atoms with Crippen molar-refractivity contribution < 1.29 is 29.5 Å². The Kier molecular flexibility index (Phi) is 5.46. The van der Waals surface area contributed by atoms with Gasteiger partial charge in [-0.2, -0.15) is 0 Å². The topological polar surface area (TPSA) is 106 Å². The molecule has 3 heterocycles. The first-order valence-electron chi connectivity index (χ1n) is 11.6. The maximum Gasteiger partial charge on any atom is 0.227 e. The van der Waals surface area contributed by atoms with Gasteiger partial charge in [-0.3, -0.25) is 0 Å². The number of fused-ring (bicyclic) bond motifs is 3. The molecule has 8 nitrogen and oxygen atoms in total. The molecule has 4 aromatic rings. The summed E-state index contributed by atoms with van der Waals surface area (Å²) in [6.45, 7) is 0.198. The number of aliphatic hydroxyl groups excluding tert-OH is 3. The number of aromatic nitrogens is 1. The molecule has 6 rings (SSSR count). The molecule has 0 radical (unpaired) electrons. The van der Waals surface area contributed by atoms with Crippen LogP contribution in [0.1, 0.15) is 11.1 Å². The van der Waals surface area contributed by atoms with Gasteiger partial charge in [-0.25, -0.2) is 4.99 Å². The van der Waals surface area contributed by atoms with Gasteiger partial charge in [0.25, 0.3) is 0 Å². The average Bonchev–Trinajstić information content (AvgIpc) is 3.47. The number of methoxy groups -OCH3 is 1. The summed E-state index contributed by atoms with van der Waals surface area (Å²) in [6.07, 6.45) is -2.28. The summed E-state index contributed by atoms with van der Waals surface area (Å²) < 4.78 is 19.2. The van der Waals surface area contributed by atoms with Crippen molar-refractivity contribution in [3.05, 3.63) is 78.0 Å². The van der Waals surface area contributed by atoms with Gasteiger partial charge in [0.15, 0.2) is 0 Å². The van der Waals surface area contributed by atoms with Crippen LogP contribution in [0.5, 0.6) is 5.75 Å². The first-order valence-corrected chi connectivity index (χ1v) is 11.6. The van der Waals surface area contributed by atoms with Gasteiger partial charge < -0.3 is 34.1 Å². The second-order valence-electron chi connectivity index (χ2n) is 8.98. The van der Waals surface area contributed by atoms with Gasteiger partial charge >= 0.3 is 0 Å². The van der Waals surface area contributed by atoms with Crippen molar-refractivity contribution in [2.24, 2.45) is 4.99 Å². The summed E-state index contributed by atoms with van der Waals surface area (Å²) in [6, 6.07) is 19.7. The van der Waals surface area contributed by atoms with E-state index in [1.807, 2.05) is 36.5 Å². The van der Waals surface area contributed by atoms with Crippen molar-refractivity contribution in [3.8, 4) is 5.75 Å². The van der Waals surface area contributed by atoms with Crippen molar-refractivity contribution in [2.45, 2.75) is 37.2 Å². The predicted molar refractivity (Wildman–Crippen MR) is 131 cm³/mol. The Morgan fingerprint density at radius 1 is 1.00 bits per heavy atom. The molecule has 8 heteroatoms. The molecule has 0 spiro atoms. The third-order valence-corrected chi connectivity index (χ3v) is 6.83. The highest BCUT2D eigenvalue weighted by atomic mass is 16.7. The number of rotatable bonds is 5. The molecule has 0 bridgehead atoms. The lowest BCUT2D eigenvalue weighted by atomic mass is 9.98. The number of ether oxygens (including phenoxy) is 3. The largest absolute Gasteiger partial charge is 0.497 e. The monoisotopic (exact) mass is 474 g/mol. The lowest BCUT2D eigenvalue weighted by molar-refractivity contribution is -0.234. The van der Waals surface area contributed by atoms with Crippen LogP contribution in [0.15, 0.2) is 71.9 Å². The zero-order chi connectivity index (χ0) is 24.1. The van der Waals surface area contributed by atoms with E-state index < -0.39 is 37.3 Å². The normalized spacial score (nSPS) is 25.9. The smallest absolute Gasteiger partial charge is 0.227 e. The third-order valence-electron chi connectivity index (χ3n) is 6.83. The fourth-order valence-corrected chi connectivity index (χ4v) is 4.94. The first-order chi connectivity index (χ1) is 17.1. The summed E-state index contributed by atoms with van der Waals surface area (Å²) >= 11 is 0. The number of hydrogen-bond donors (Lipinski definition) is 3. The van der Waals surface area contributed by atoms with Crippen LogP contribution in [0.3, 0.4) is 0 Å². The second kappa shape index (κ2) is 8.66. The Morgan fingerprint density at radius 2 is 1.83 bits per heavy atom. The molecule has 2 unspecified atom stereocenters. The lowest BCUT2D eigenvalue weighted by Crippen LogP contribution is -2.56. The standard InChI is InChI=1S/C27H26N2O6/c1-33-18-8-9-19-20(26-28-23-25(32)24(31)22(14-30)34-27(23)35-26)13-29(21(19)11-18)12-15-6-7-16-4-2-3-5-17(16)10-15/h2-11,13,22-25,27,30-32H,12,14H2,1H3/t22?,23-,24-,25?,27-/m1/s1. The zero-order valence-corrected chi connectivity index (χ0v) is 19.1. The van der Waals surface area contributed by atoms with Crippen molar-refractivity contribution in [3.63, 3.8) is 0 Å². The van der Waals surface area contributed by atoms with E-state index in [4.69, 9.17) is 14.2 Å². The number of benzene rings is 3. The molecule has 2 aliphatic heterocycles. The van der Waals surface area contributed by atoms with Crippen LogP contribution in [0.25, 0.3) is 21.7 Å². The molecule has 0 amide bonds. The van der Waals surface area contributed by atoms with Gasteiger partial charge in [0.2, 0.25) is 12.2 Å². The molecule has 3 aromatic carbocycles. The molecule has 5 atom stereocenters. The van der Waals surface area contributed by atoms with Gasteiger partial charge in [0.1, 0.15) is 30.1 Å². The molecule has 1 aromatic heterocycles. The number of nitrogens with zero attached hydrogens (tertiary/aromatic N) is 2. The Morgan fingerprint density at radius 3 is 2.63 bits per heavy atom. The number of aliphatic hydroxyl groups is 3. The first kappa shape index (κ1) is 22.1. The van der Waals surface area contributed by atoms with Crippen LogP contribution >= 0.6 is 0 Å². The highest BCUT2D eigenvalue weighted by Crippen LogP contribution is 2.34. The molecule has 3 N–H and O–H groups in total. The minimum atomic E-state index is -1.24. The van der Waals surface area contributed by atoms with E-state index in [2.05, 4.69) is 39.9 Å².